The summed E-state index contributed by atoms with van der Waals surface area (Å²) in [6, 6.07) is 37.1. The first kappa shape index (κ1) is 26.8. The molecule has 214 valence electrons. The van der Waals surface area contributed by atoms with Gasteiger partial charge in [0.25, 0.3) is 0 Å². The zero-order valence-electron chi connectivity index (χ0n) is 24.9. The topological polar surface area (TPSA) is 42.0 Å². The third kappa shape index (κ3) is 4.35. The highest BCUT2D eigenvalue weighted by Crippen LogP contribution is 2.57. The third-order valence-electron chi connectivity index (χ3n) is 8.66. The molecule has 5 aromatic rings. The second-order valence-electron chi connectivity index (χ2n) is 11.5. The van der Waals surface area contributed by atoms with Crippen molar-refractivity contribution in [3.8, 4) is 11.5 Å². The molecule has 7 rings (SSSR count). The van der Waals surface area contributed by atoms with E-state index < -0.39 is 5.60 Å². The van der Waals surface area contributed by atoms with Gasteiger partial charge in [-0.3, -0.25) is 0 Å². The fourth-order valence-electron chi connectivity index (χ4n) is 6.56. The van der Waals surface area contributed by atoms with E-state index in [9.17, 15) is 4.79 Å². The monoisotopic (exact) mass is 566 g/mol. The summed E-state index contributed by atoms with van der Waals surface area (Å²) in [6.07, 6.45) is 0. The van der Waals surface area contributed by atoms with Gasteiger partial charge in [-0.2, -0.15) is 0 Å². The molecule has 0 aliphatic carbocycles. The summed E-state index contributed by atoms with van der Waals surface area (Å²) in [5.41, 5.74) is 8.66. The summed E-state index contributed by atoms with van der Waals surface area (Å²) >= 11 is 0. The van der Waals surface area contributed by atoms with Gasteiger partial charge in [0.1, 0.15) is 11.5 Å². The summed E-state index contributed by atoms with van der Waals surface area (Å²) in [7, 11) is 2.09. The number of carbonyl (C=O) groups excluding carboxylic acids is 1. The van der Waals surface area contributed by atoms with Gasteiger partial charge in [0.05, 0.1) is 5.56 Å². The second kappa shape index (κ2) is 10.4. The first-order chi connectivity index (χ1) is 20.9. The van der Waals surface area contributed by atoms with Crippen LogP contribution in [0.15, 0.2) is 109 Å². The van der Waals surface area contributed by atoms with E-state index in [4.69, 9.17) is 9.47 Å². The second-order valence-corrected chi connectivity index (χ2v) is 11.5. The van der Waals surface area contributed by atoms with E-state index in [-0.39, 0.29) is 5.97 Å². The maximum Gasteiger partial charge on any atom is 0.340 e. The Morgan fingerprint density at radius 1 is 0.721 bits per heavy atom. The van der Waals surface area contributed by atoms with E-state index in [0.717, 1.165) is 52.4 Å². The Bertz CT molecular complexity index is 1850. The van der Waals surface area contributed by atoms with Gasteiger partial charge >= 0.3 is 5.97 Å². The molecule has 2 heterocycles. The lowest BCUT2D eigenvalue weighted by Gasteiger charge is -2.38. The maximum absolute atomic E-state index is 13.4. The van der Waals surface area contributed by atoms with Crippen LogP contribution in [0.3, 0.4) is 0 Å². The SMILES string of the molecule is CCN(c1ccc(C)cc1)c1ccc2c(c1)Oc1cc(C)c(N(C)Cc3ccccc3)cc1C21OC(=O)c2ccccc21. The molecule has 1 spiro atoms. The Morgan fingerprint density at radius 3 is 2.19 bits per heavy atom. The number of aryl methyl sites for hydroxylation is 2. The summed E-state index contributed by atoms with van der Waals surface area (Å²) in [6.45, 7) is 7.87. The summed E-state index contributed by atoms with van der Waals surface area (Å²) in [5, 5.41) is 0. The Balaban J connectivity index is 1.39. The Morgan fingerprint density at radius 2 is 1.42 bits per heavy atom. The van der Waals surface area contributed by atoms with Crippen molar-refractivity contribution in [2.75, 3.05) is 23.4 Å². The number of esters is 1. The minimum atomic E-state index is -1.12. The number of rotatable bonds is 6. The zero-order chi connectivity index (χ0) is 29.7. The number of ether oxygens (including phenoxy) is 2. The number of benzene rings is 5. The quantitative estimate of drug-likeness (QED) is 0.192. The van der Waals surface area contributed by atoms with Crippen LogP contribution in [0.4, 0.5) is 17.1 Å². The van der Waals surface area contributed by atoms with Crippen LogP contribution in [-0.4, -0.2) is 19.6 Å². The van der Waals surface area contributed by atoms with E-state index in [2.05, 4.69) is 116 Å². The van der Waals surface area contributed by atoms with Gasteiger partial charge in [-0.05, 0) is 74.4 Å². The lowest BCUT2D eigenvalue weighted by molar-refractivity contribution is 0.0224. The van der Waals surface area contributed by atoms with Crippen molar-refractivity contribution in [3.05, 3.63) is 148 Å². The number of nitrogens with zero attached hydrogens (tertiary/aromatic N) is 2. The van der Waals surface area contributed by atoms with E-state index in [1.54, 1.807) is 0 Å². The lowest BCUT2D eigenvalue weighted by atomic mass is 9.77. The molecule has 5 aromatic carbocycles. The van der Waals surface area contributed by atoms with Crippen molar-refractivity contribution < 1.29 is 14.3 Å². The van der Waals surface area contributed by atoms with E-state index in [0.29, 0.717) is 17.1 Å². The molecule has 0 aromatic heterocycles. The number of fused-ring (bicyclic) bond motifs is 6. The molecule has 2 aliphatic heterocycles. The molecule has 0 saturated carbocycles. The highest BCUT2D eigenvalue weighted by molar-refractivity contribution is 5.97. The summed E-state index contributed by atoms with van der Waals surface area (Å²) < 4.78 is 13.2. The first-order valence-electron chi connectivity index (χ1n) is 14.8. The summed E-state index contributed by atoms with van der Waals surface area (Å²) in [4.78, 5) is 17.9. The molecule has 0 saturated heterocycles. The van der Waals surface area contributed by atoms with Crippen molar-refractivity contribution >= 4 is 23.0 Å². The predicted octanol–water partition coefficient (Wildman–Crippen LogP) is 8.67. The standard InChI is InChI=1S/C38H34N2O3/c1-5-40(28-17-15-25(2)16-18-28)29-19-20-32-36(22-29)42-35-21-26(3)34(39(4)24-27-11-7-6-8-12-27)23-33(35)38(32)31-14-10-9-13-30(31)37(41)43-38/h6-23H,5,24H2,1-4H3. The normalized spacial score (nSPS) is 16.1. The molecule has 1 unspecified atom stereocenters. The first-order valence-corrected chi connectivity index (χ1v) is 14.8. The molecule has 0 fully saturated rings. The number of hydrogen-bond acceptors (Lipinski definition) is 5. The average Bonchev–Trinajstić information content (AvgIpc) is 3.31. The van der Waals surface area contributed by atoms with Gasteiger partial charge in [0.2, 0.25) is 0 Å². The molecule has 2 aliphatic rings. The minimum absolute atomic E-state index is 0.326. The number of anilines is 3. The summed E-state index contributed by atoms with van der Waals surface area (Å²) in [5.74, 6) is 1.06. The Hall–Kier alpha value is -5.03. The van der Waals surface area contributed by atoms with E-state index in [1.165, 1.54) is 11.1 Å². The van der Waals surface area contributed by atoms with Gasteiger partial charge in [0.15, 0.2) is 5.60 Å². The number of hydrogen-bond donors (Lipinski definition) is 0. The molecule has 5 heteroatoms. The van der Waals surface area contributed by atoms with Gasteiger partial charge < -0.3 is 19.3 Å². The molecule has 5 nitrogen and oxygen atoms in total. The highest BCUT2D eigenvalue weighted by atomic mass is 16.6. The highest BCUT2D eigenvalue weighted by Gasteiger charge is 2.53. The largest absolute Gasteiger partial charge is 0.456 e. The van der Waals surface area contributed by atoms with Gasteiger partial charge in [0, 0.05) is 60.0 Å². The smallest absolute Gasteiger partial charge is 0.340 e. The van der Waals surface area contributed by atoms with Gasteiger partial charge in [-0.15, -0.1) is 0 Å². The molecule has 0 radical (unpaired) electrons. The Kier molecular flexibility index (Phi) is 6.46. The fourth-order valence-corrected chi connectivity index (χ4v) is 6.56. The Labute approximate surface area is 252 Å². The van der Waals surface area contributed by atoms with Crippen LogP contribution in [0.1, 0.15) is 50.7 Å². The maximum atomic E-state index is 13.4. The molecule has 0 amide bonds. The van der Waals surface area contributed by atoms with Crippen molar-refractivity contribution in [3.63, 3.8) is 0 Å². The van der Waals surface area contributed by atoms with Crippen molar-refractivity contribution in [2.45, 2.75) is 32.9 Å². The molecular formula is C38H34N2O3. The minimum Gasteiger partial charge on any atom is -0.456 e. The predicted molar refractivity (Wildman–Crippen MR) is 172 cm³/mol. The van der Waals surface area contributed by atoms with Crippen molar-refractivity contribution in [1.29, 1.82) is 0 Å². The molecular weight excluding hydrogens is 532 g/mol. The van der Waals surface area contributed by atoms with Gasteiger partial charge in [-0.1, -0.05) is 66.2 Å². The molecule has 0 N–H and O–H groups in total. The van der Waals surface area contributed by atoms with E-state index >= 15 is 0 Å². The fraction of sp³-hybridized carbons (Fsp3) is 0.184. The van der Waals surface area contributed by atoms with Crippen LogP contribution in [0.5, 0.6) is 11.5 Å². The number of carbonyl (C=O) groups is 1. The lowest BCUT2D eigenvalue weighted by Crippen LogP contribution is -2.33. The molecule has 1 atom stereocenters. The van der Waals surface area contributed by atoms with E-state index in [1.807, 2.05) is 30.3 Å². The van der Waals surface area contributed by atoms with Crippen molar-refractivity contribution in [1.82, 2.24) is 0 Å². The van der Waals surface area contributed by atoms with Crippen LogP contribution in [0.2, 0.25) is 0 Å². The zero-order valence-corrected chi connectivity index (χ0v) is 24.9. The average molecular weight is 567 g/mol. The van der Waals surface area contributed by atoms with Crippen LogP contribution >= 0.6 is 0 Å². The molecule has 0 bridgehead atoms. The van der Waals surface area contributed by atoms with Crippen molar-refractivity contribution in [2.24, 2.45) is 0 Å². The van der Waals surface area contributed by atoms with Crippen LogP contribution < -0.4 is 14.5 Å². The van der Waals surface area contributed by atoms with Crippen LogP contribution in [0, 0.1) is 13.8 Å². The van der Waals surface area contributed by atoms with Crippen LogP contribution in [-0.2, 0) is 16.9 Å². The third-order valence-corrected chi connectivity index (χ3v) is 8.66. The van der Waals surface area contributed by atoms with Gasteiger partial charge in [-0.25, -0.2) is 4.79 Å². The van der Waals surface area contributed by atoms with Crippen LogP contribution in [0.25, 0.3) is 0 Å². The molecule has 43 heavy (non-hydrogen) atoms.